The number of nitrogens with zero attached hydrogens (tertiary/aromatic N) is 1. The fourth-order valence-electron chi connectivity index (χ4n) is 2.96. The Morgan fingerprint density at radius 2 is 2.04 bits per heavy atom. The van der Waals surface area contributed by atoms with E-state index < -0.39 is 0 Å². The maximum absolute atomic E-state index is 12.3. The van der Waals surface area contributed by atoms with Crippen molar-refractivity contribution in [3.63, 3.8) is 0 Å². The third-order valence-electron chi connectivity index (χ3n) is 4.31. The molecule has 1 fully saturated rings. The number of rotatable bonds is 5. The average molecular weight is 319 g/mol. The van der Waals surface area contributed by atoms with Crippen LogP contribution in [0.15, 0.2) is 24.3 Å². The Kier molecular flexibility index (Phi) is 6.40. The van der Waals surface area contributed by atoms with Crippen LogP contribution in [0, 0.1) is 12.8 Å². The van der Waals surface area contributed by atoms with Crippen molar-refractivity contribution in [3.05, 3.63) is 29.8 Å². The van der Waals surface area contributed by atoms with Gasteiger partial charge in [-0.2, -0.15) is 0 Å². The van der Waals surface area contributed by atoms with Crippen molar-refractivity contribution in [2.45, 2.75) is 39.0 Å². The molecule has 6 heteroatoms. The number of carbonyl (C=O) groups is 2. The summed E-state index contributed by atoms with van der Waals surface area (Å²) in [4.78, 5) is 25.1. The summed E-state index contributed by atoms with van der Waals surface area (Å²) in [5, 5.41) is 11.4. The first-order valence-electron chi connectivity index (χ1n) is 8.14. The highest BCUT2D eigenvalue weighted by Crippen LogP contribution is 2.23. The highest BCUT2D eigenvalue weighted by molar-refractivity contribution is 5.89. The molecule has 1 saturated heterocycles. The van der Waals surface area contributed by atoms with Gasteiger partial charge >= 0.3 is 6.03 Å². The van der Waals surface area contributed by atoms with Gasteiger partial charge in [0.05, 0.1) is 0 Å². The predicted octanol–water partition coefficient (Wildman–Crippen LogP) is 2.91. The maximum Gasteiger partial charge on any atom is 0.321 e. The van der Waals surface area contributed by atoms with Crippen LogP contribution >= 0.6 is 0 Å². The van der Waals surface area contributed by atoms with Crippen molar-refractivity contribution in [2.75, 3.05) is 18.4 Å². The molecule has 1 aromatic rings. The minimum absolute atomic E-state index is 0.0475. The van der Waals surface area contributed by atoms with E-state index in [0.717, 1.165) is 50.0 Å². The van der Waals surface area contributed by atoms with Crippen LogP contribution in [0.2, 0.25) is 0 Å². The lowest BCUT2D eigenvalue weighted by Gasteiger charge is -2.32. The first-order chi connectivity index (χ1) is 11.1. The van der Waals surface area contributed by atoms with E-state index >= 15 is 0 Å². The second-order valence-electron chi connectivity index (χ2n) is 6.16. The van der Waals surface area contributed by atoms with Gasteiger partial charge in [-0.25, -0.2) is 10.3 Å². The lowest BCUT2D eigenvalue weighted by atomic mass is 9.91. The van der Waals surface area contributed by atoms with Gasteiger partial charge in [-0.15, -0.1) is 0 Å². The van der Waals surface area contributed by atoms with E-state index in [1.807, 2.05) is 36.1 Å². The number of hydrogen-bond acceptors (Lipinski definition) is 3. The third-order valence-corrected chi connectivity index (χ3v) is 4.31. The number of benzene rings is 1. The number of piperidine rings is 1. The zero-order valence-corrected chi connectivity index (χ0v) is 13.5. The van der Waals surface area contributed by atoms with Gasteiger partial charge in [0.15, 0.2) is 0 Å². The standard InChI is InChI=1S/C17H25N3O3/c1-13-4-2-6-15(12-13)18-17(22)20-10-8-14(9-11-20)5-3-7-16(21)19-23/h2,4,6,12,14,23H,3,5,7-11H2,1H3,(H,18,22)(H,19,21). The number of amides is 3. The van der Waals surface area contributed by atoms with Gasteiger partial charge in [-0.05, 0) is 56.2 Å². The van der Waals surface area contributed by atoms with E-state index in [0.29, 0.717) is 12.3 Å². The second-order valence-corrected chi connectivity index (χ2v) is 6.16. The normalized spacial score (nSPS) is 15.3. The molecule has 0 aromatic heterocycles. The van der Waals surface area contributed by atoms with E-state index in [2.05, 4.69) is 5.32 Å². The summed E-state index contributed by atoms with van der Waals surface area (Å²) in [5.74, 6) is 0.212. The molecule has 126 valence electrons. The first-order valence-corrected chi connectivity index (χ1v) is 8.14. The predicted molar refractivity (Wildman–Crippen MR) is 88.3 cm³/mol. The molecule has 1 heterocycles. The number of hydroxylamine groups is 1. The van der Waals surface area contributed by atoms with E-state index in [4.69, 9.17) is 5.21 Å². The smallest absolute Gasteiger partial charge is 0.321 e. The highest BCUT2D eigenvalue weighted by Gasteiger charge is 2.22. The summed E-state index contributed by atoms with van der Waals surface area (Å²) in [6, 6.07) is 7.73. The molecule has 0 radical (unpaired) electrons. The molecule has 1 aromatic carbocycles. The van der Waals surface area contributed by atoms with Crippen LogP contribution in [-0.2, 0) is 4.79 Å². The van der Waals surface area contributed by atoms with Crippen molar-refractivity contribution in [1.82, 2.24) is 10.4 Å². The zero-order chi connectivity index (χ0) is 16.7. The molecule has 0 spiro atoms. The molecule has 6 nitrogen and oxygen atoms in total. The number of hydrogen-bond donors (Lipinski definition) is 3. The monoisotopic (exact) mass is 319 g/mol. The second kappa shape index (κ2) is 8.53. The first kappa shape index (κ1) is 17.3. The topological polar surface area (TPSA) is 81.7 Å². The summed E-state index contributed by atoms with van der Waals surface area (Å²) in [6.07, 6.45) is 4.00. The Balaban J connectivity index is 1.71. The van der Waals surface area contributed by atoms with Crippen LogP contribution in [0.1, 0.15) is 37.7 Å². The summed E-state index contributed by atoms with van der Waals surface area (Å²) >= 11 is 0. The molecule has 0 bridgehead atoms. The minimum Gasteiger partial charge on any atom is -0.325 e. The van der Waals surface area contributed by atoms with Gasteiger partial charge in [0.25, 0.3) is 0 Å². The summed E-state index contributed by atoms with van der Waals surface area (Å²) in [7, 11) is 0. The van der Waals surface area contributed by atoms with Gasteiger partial charge < -0.3 is 10.2 Å². The Labute approximate surface area is 136 Å². The molecule has 3 N–H and O–H groups in total. The van der Waals surface area contributed by atoms with Crippen LogP contribution < -0.4 is 10.8 Å². The van der Waals surface area contributed by atoms with Crippen molar-refractivity contribution >= 4 is 17.6 Å². The van der Waals surface area contributed by atoms with Crippen LogP contribution in [0.5, 0.6) is 0 Å². The number of urea groups is 1. The van der Waals surface area contributed by atoms with E-state index in [9.17, 15) is 9.59 Å². The summed E-state index contributed by atoms with van der Waals surface area (Å²) in [6.45, 7) is 3.49. The maximum atomic E-state index is 12.3. The fraction of sp³-hybridized carbons (Fsp3) is 0.529. The molecule has 0 atom stereocenters. The van der Waals surface area contributed by atoms with Crippen LogP contribution in [0.3, 0.4) is 0 Å². The van der Waals surface area contributed by atoms with Crippen LogP contribution in [-0.4, -0.2) is 35.1 Å². The van der Waals surface area contributed by atoms with E-state index in [1.165, 1.54) is 0 Å². The van der Waals surface area contributed by atoms with Gasteiger partial charge in [0.1, 0.15) is 0 Å². The number of nitrogens with one attached hydrogen (secondary N) is 2. The lowest BCUT2D eigenvalue weighted by molar-refractivity contribution is -0.129. The van der Waals surface area contributed by atoms with Crippen LogP contribution in [0.4, 0.5) is 10.5 Å². The molecule has 23 heavy (non-hydrogen) atoms. The molecule has 1 aliphatic heterocycles. The molecular formula is C17H25N3O3. The zero-order valence-electron chi connectivity index (χ0n) is 13.5. The number of likely N-dealkylation sites (tertiary alicyclic amines) is 1. The molecular weight excluding hydrogens is 294 g/mol. The SMILES string of the molecule is Cc1cccc(NC(=O)N2CCC(CCCC(=O)NO)CC2)c1. The lowest BCUT2D eigenvalue weighted by Crippen LogP contribution is -2.41. The Morgan fingerprint density at radius 3 is 2.70 bits per heavy atom. The fourth-order valence-corrected chi connectivity index (χ4v) is 2.96. The van der Waals surface area contributed by atoms with Crippen molar-refractivity contribution in [3.8, 4) is 0 Å². The molecule has 3 amide bonds. The number of carbonyl (C=O) groups excluding carboxylic acids is 2. The highest BCUT2D eigenvalue weighted by atomic mass is 16.5. The van der Waals surface area contributed by atoms with E-state index in [1.54, 1.807) is 5.48 Å². The van der Waals surface area contributed by atoms with E-state index in [-0.39, 0.29) is 11.9 Å². The Bertz CT molecular complexity index is 540. The largest absolute Gasteiger partial charge is 0.325 e. The Hall–Kier alpha value is -2.08. The van der Waals surface area contributed by atoms with Crippen LogP contribution in [0.25, 0.3) is 0 Å². The average Bonchev–Trinajstić information content (AvgIpc) is 2.55. The van der Waals surface area contributed by atoms with Gasteiger partial charge in [0.2, 0.25) is 5.91 Å². The molecule has 1 aliphatic rings. The van der Waals surface area contributed by atoms with Gasteiger partial charge in [0, 0.05) is 25.2 Å². The van der Waals surface area contributed by atoms with Crippen molar-refractivity contribution < 1.29 is 14.8 Å². The molecule has 0 saturated carbocycles. The summed E-state index contributed by atoms with van der Waals surface area (Å²) < 4.78 is 0. The molecule has 0 unspecified atom stereocenters. The molecule has 2 rings (SSSR count). The quantitative estimate of drug-likeness (QED) is 0.576. The molecule has 0 aliphatic carbocycles. The Morgan fingerprint density at radius 1 is 1.30 bits per heavy atom. The number of anilines is 1. The van der Waals surface area contributed by atoms with Gasteiger partial charge in [-0.1, -0.05) is 12.1 Å². The number of aryl methyl sites for hydroxylation is 1. The minimum atomic E-state index is -0.333. The van der Waals surface area contributed by atoms with Crippen molar-refractivity contribution in [2.24, 2.45) is 5.92 Å². The van der Waals surface area contributed by atoms with Gasteiger partial charge in [-0.3, -0.25) is 10.0 Å². The summed E-state index contributed by atoms with van der Waals surface area (Å²) in [5.41, 5.74) is 3.60. The van der Waals surface area contributed by atoms with Crippen molar-refractivity contribution in [1.29, 1.82) is 0 Å². The third kappa shape index (κ3) is 5.56.